The number of carbonyl (C=O) groups is 3. The highest BCUT2D eigenvalue weighted by molar-refractivity contribution is 5.97. The monoisotopic (exact) mass is 290 g/mol. The van der Waals surface area contributed by atoms with E-state index in [1.165, 1.54) is 7.11 Å². The fourth-order valence-corrected chi connectivity index (χ4v) is 2.24. The molecule has 0 unspecified atom stereocenters. The Balaban J connectivity index is 1.91. The van der Waals surface area contributed by atoms with Crippen LogP contribution in [-0.4, -0.2) is 37.0 Å². The highest BCUT2D eigenvalue weighted by Gasteiger charge is 2.33. The van der Waals surface area contributed by atoms with Crippen molar-refractivity contribution in [2.45, 2.75) is 31.3 Å². The number of rotatable bonds is 5. The van der Waals surface area contributed by atoms with Crippen LogP contribution in [0.5, 0.6) is 0 Å². The maximum Gasteiger partial charge on any atom is 0.305 e. The quantitative estimate of drug-likeness (QED) is 0.757. The number of hydrogen-bond donors (Lipinski definition) is 2. The number of amides is 2. The van der Waals surface area contributed by atoms with Crippen LogP contribution in [0.4, 0.5) is 0 Å². The van der Waals surface area contributed by atoms with Crippen LogP contribution in [0, 0.1) is 0 Å². The van der Waals surface area contributed by atoms with Crippen molar-refractivity contribution in [2.24, 2.45) is 0 Å². The Kier molecular flexibility index (Phi) is 4.92. The molecule has 0 aromatic heterocycles. The first kappa shape index (κ1) is 15.0. The zero-order valence-electron chi connectivity index (χ0n) is 11.8. The van der Waals surface area contributed by atoms with Crippen molar-refractivity contribution < 1.29 is 19.1 Å². The fraction of sp³-hybridized carbons (Fsp3) is 0.400. The molecular weight excluding hydrogens is 272 g/mol. The number of esters is 1. The minimum absolute atomic E-state index is 0.0955. The topological polar surface area (TPSA) is 84.5 Å². The average molecular weight is 290 g/mol. The molecule has 2 rings (SSSR count). The van der Waals surface area contributed by atoms with Gasteiger partial charge in [0.05, 0.1) is 7.11 Å². The van der Waals surface area contributed by atoms with Crippen molar-refractivity contribution in [3.63, 3.8) is 0 Å². The molecule has 2 N–H and O–H groups in total. The van der Waals surface area contributed by atoms with Crippen LogP contribution < -0.4 is 10.6 Å². The highest BCUT2D eigenvalue weighted by Crippen LogP contribution is 2.09. The lowest BCUT2D eigenvalue weighted by Gasteiger charge is -2.29. The van der Waals surface area contributed by atoms with Crippen LogP contribution in [0.15, 0.2) is 30.3 Å². The van der Waals surface area contributed by atoms with E-state index in [0.717, 1.165) is 5.56 Å². The van der Waals surface area contributed by atoms with Crippen LogP contribution in [0.25, 0.3) is 0 Å². The summed E-state index contributed by atoms with van der Waals surface area (Å²) in [5, 5.41) is 5.36. The van der Waals surface area contributed by atoms with Gasteiger partial charge in [-0.25, -0.2) is 0 Å². The number of methoxy groups -OCH3 is 1. The van der Waals surface area contributed by atoms with Gasteiger partial charge in [-0.15, -0.1) is 0 Å². The summed E-state index contributed by atoms with van der Waals surface area (Å²) >= 11 is 0. The number of piperazine rings is 1. The average Bonchev–Trinajstić information content (AvgIpc) is 2.50. The first-order chi connectivity index (χ1) is 10.1. The summed E-state index contributed by atoms with van der Waals surface area (Å²) in [6.45, 7) is 0. The van der Waals surface area contributed by atoms with E-state index >= 15 is 0 Å². The molecule has 1 aromatic carbocycles. The summed E-state index contributed by atoms with van der Waals surface area (Å²) in [5.41, 5.74) is 0.978. The fourth-order valence-electron chi connectivity index (χ4n) is 2.24. The Morgan fingerprint density at radius 2 is 1.71 bits per heavy atom. The molecule has 2 atom stereocenters. The third-order valence-electron chi connectivity index (χ3n) is 3.41. The van der Waals surface area contributed by atoms with Crippen molar-refractivity contribution in [3.8, 4) is 0 Å². The zero-order chi connectivity index (χ0) is 15.2. The van der Waals surface area contributed by atoms with Gasteiger partial charge >= 0.3 is 5.97 Å². The summed E-state index contributed by atoms with van der Waals surface area (Å²) in [7, 11) is 1.29. The van der Waals surface area contributed by atoms with E-state index < -0.39 is 18.1 Å². The second-order valence-corrected chi connectivity index (χ2v) is 4.93. The van der Waals surface area contributed by atoms with E-state index in [1.807, 2.05) is 30.3 Å². The first-order valence-electron chi connectivity index (χ1n) is 6.81. The van der Waals surface area contributed by atoms with E-state index in [4.69, 9.17) is 0 Å². The van der Waals surface area contributed by atoms with Crippen LogP contribution in [0.2, 0.25) is 0 Å². The summed E-state index contributed by atoms with van der Waals surface area (Å²) in [6.07, 6.45) is 0.780. The third kappa shape index (κ3) is 4.05. The molecule has 112 valence electrons. The Morgan fingerprint density at radius 3 is 2.38 bits per heavy atom. The number of benzene rings is 1. The summed E-state index contributed by atoms with van der Waals surface area (Å²) in [6, 6.07) is 8.23. The van der Waals surface area contributed by atoms with Crippen molar-refractivity contribution in [3.05, 3.63) is 35.9 Å². The minimum Gasteiger partial charge on any atom is -0.469 e. The Bertz CT molecular complexity index is 530. The second-order valence-electron chi connectivity index (χ2n) is 4.93. The second kappa shape index (κ2) is 6.88. The normalized spacial score (nSPS) is 21.4. The standard InChI is InChI=1S/C15H18N2O4/c1-21-13(18)8-7-11-14(19)17-12(15(20)16-11)9-10-5-3-2-4-6-10/h2-6,11-12H,7-9H2,1H3,(H,16,20)(H,17,19)/t11-,12+/m0/s1. The van der Waals surface area contributed by atoms with Crippen molar-refractivity contribution >= 4 is 17.8 Å². The first-order valence-corrected chi connectivity index (χ1v) is 6.81. The molecule has 0 spiro atoms. The third-order valence-corrected chi connectivity index (χ3v) is 3.41. The molecule has 2 amide bonds. The zero-order valence-corrected chi connectivity index (χ0v) is 11.8. The SMILES string of the molecule is COC(=O)CC[C@@H]1NC(=O)[C@@H](Cc2ccccc2)NC1=O. The molecule has 0 saturated carbocycles. The van der Waals surface area contributed by atoms with E-state index in [0.29, 0.717) is 6.42 Å². The lowest BCUT2D eigenvalue weighted by molar-refractivity contribution is -0.142. The van der Waals surface area contributed by atoms with Crippen LogP contribution in [0.1, 0.15) is 18.4 Å². The predicted molar refractivity (Wildman–Crippen MR) is 75.3 cm³/mol. The van der Waals surface area contributed by atoms with E-state index in [1.54, 1.807) is 0 Å². The van der Waals surface area contributed by atoms with Gasteiger partial charge in [0, 0.05) is 12.8 Å². The molecular formula is C15H18N2O4. The molecule has 0 bridgehead atoms. The molecule has 0 radical (unpaired) electrons. The van der Waals surface area contributed by atoms with Crippen molar-refractivity contribution in [1.82, 2.24) is 10.6 Å². The Labute approximate surface area is 122 Å². The molecule has 21 heavy (non-hydrogen) atoms. The van der Waals surface area contributed by atoms with Gasteiger partial charge in [0.25, 0.3) is 0 Å². The lowest BCUT2D eigenvalue weighted by atomic mass is 10.0. The van der Waals surface area contributed by atoms with Gasteiger partial charge in [-0.2, -0.15) is 0 Å². The summed E-state index contributed by atoms with van der Waals surface area (Å²) in [4.78, 5) is 35.1. The number of nitrogens with one attached hydrogen (secondary N) is 2. The van der Waals surface area contributed by atoms with Gasteiger partial charge in [-0.05, 0) is 12.0 Å². The van der Waals surface area contributed by atoms with Gasteiger partial charge in [-0.1, -0.05) is 30.3 Å². The van der Waals surface area contributed by atoms with Gasteiger partial charge in [-0.3, -0.25) is 14.4 Å². The molecule has 0 aliphatic carbocycles. The Morgan fingerprint density at radius 1 is 1.10 bits per heavy atom. The van der Waals surface area contributed by atoms with Crippen LogP contribution >= 0.6 is 0 Å². The summed E-state index contributed by atoms with van der Waals surface area (Å²) in [5.74, 6) is -0.892. The van der Waals surface area contributed by atoms with E-state index in [9.17, 15) is 14.4 Å². The molecule has 1 saturated heterocycles. The largest absolute Gasteiger partial charge is 0.469 e. The maximum atomic E-state index is 12.0. The smallest absolute Gasteiger partial charge is 0.305 e. The van der Waals surface area contributed by atoms with E-state index in [2.05, 4.69) is 15.4 Å². The Hall–Kier alpha value is -2.37. The van der Waals surface area contributed by atoms with Crippen LogP contribution in [-0.2, 0) is 25.5 Å². The van der Waals surface area contributed by atoms with Crippen molar-refractivity contribution in [2.75, 3.05) is 7.11 Å². The molecule has 1 fully saturated rings. The lowest BCUT2D eigenvalue weighted by Crippen LogP contribution is -2.62. The van der Waals surface area contributed by atoms with Gasteiger partial charge in [0.15, 0.2) is 0 Å². The van der Waals surface area contributed by atoms with E-state index in [-0.39, 0.29) is 24.7 Å². The molecule has 1 heterocycles. The molecule has 6 heteroatoms. The molecule has 1 aliphatic heterocycles. The van der Waals surface area contributed by atoms with Crippen molar-refractivity contribution in [1.29, 1.82) is 0 Å². The van der Waals surface area contributed by atoms with Crippen LogP contribution in [0.3, 0.4) is 0 Å². The molecule has 1 aliphatic rings. The maximum absolute atomic E-state index is 12.0. The summed E-state index contributed by atoms with van der Waals surface area (Å²) < 4.78 is 4.52. The molecule has 6 nitrogen and oxygen atoms in total. The van der Waals surface area contributed by atoms with Gasteiger partial charge in [0.1, 0.15) is 12.1 Å². The number of hydrogen-bond acceptors (Lipinski definition) is 4. The number of carbonyl (C=O) groups excluding carboxylic acids is 3. The van der Waals surface area contributed by atoms with Gasteiger partial charge in [0.2, 0.25) is 11.8 Å². The van der Waals surface area contributed by atoms with Gasteiger partial charge < -0.3 is 15.4 Å². The predicted octanol–water partition coefficient (Wildman–Crippen LogP) is 0.165. The molecule has 1 aromatic rings. The minimum atomic E-state index is -0.677. The number of ether oxygens (including phenoxy) is 1. The highest BCUT2D eigenvalue weighted by atomic mass is 16.5.